The summed E-state index contributed by atoms with van der Waals surface area (Å²) in [5.74, 6) is 0. The molecule has 3 nitrogen and oxygen atoms in total. The number of hydrogen-bond acceptors (Lipinski definition) is 3. The molecule has 160 valence electrons. The van der Waals surface area contributed by atoms with Crippen LogP contribution in [0.4, 0.5) is 0 Å². The zero-order valence-corrected chi connectivity index (χ0v) is 20.2. The van der Waals surface area contributed by atoms with Gasteiger partial charge in [0.05, 0.1) is 0 Å². The highest BCUT2D eigenvalue weighted by Crippen LogP contribution is 2.52. The van der Waals surface area contributed by atoms with Gasteiger partial charge in [-0.1, -0.05) is 48.5 Å². The fraction of sp³-hybridized carbons (Fsp3) is 0.259. The lowest BCUT2D eigenvalue weighted by Gasteiger charge is -2.21. The van der Waals surface area contributed by atoms with E-state index in [2.05, 4.69) is 0 Å². The van der Waals surface area contributed by atoms with Crippen molar-refractivity contribution in [2.75, 3.05) is 0 Å². The van der Waals surface area contributed by atoms with Crippen LogP contribution in [0.25, 0.3) is 0 Å². The second-order valence-corrected chi connectivity index (χ2v) is 10.9. The predicted molar refractivity (Wildman–Crippen MR) is 128 cm³/mol. The van der Waals surface area contributed by atoms with Crippen LogP contribution in [-0.4, -0.2) is 11.0 Å². The van der Waals surface area contributed by atoms with Gasteiger partial charge in [0.25, 0.3) is 0 Å². The molecule has 31 heavy (non-hydrogen) atoms. The smallest absolute Gasteiger partial charge is 0.248 e. The lowest BCUT2D eigenvalue weighted by Crippen LogP contribution is -2.24. The van der Waals surface area contributed by atoms with E-state index in [4.69, 9.17) is 0 Å². The highest BCUT2D eigenvalue weighted by Gasteiger charge is 2.44. The molecule has 0 N–H and O–H groups in total. The number of rotatable bonds is 5. The lowest BCUT2D eigenvalue weighted by atomic mass is 9.99. The molecule has 0 saturated carbocycles. The molecule has 3 aromatic carbocycles. The molecule has 0 aromatic heterocycles. The van der Waals surface area contributed by atoms with Crippen LogP contribution < -0.4 is 5.30 Å². The highest BCUT2D eigenvalue weighted by atomic mass is 31.2. The van der Waals surface area contributed by atoms with Gasteiger partial charge in [0.1, 0.15) is 0 Å². The molecule has 0 amide bonds. The molecule has 0 bridgehead atoms. The topological polar surface area (TPSA) is 51.2 Å². The number of carbonyl (C=O) groups is 2. The van der Waals surface area contributed by atoms with Crippen LogP contribution in [0.3, 0.4) is 0 Å². The van der Waals surface area contributed by atoms with Crippen molar-refractivity contribution in [2.24, 2.45) is 0 Å². The molecular weight excluding hydrogens is 403 g/mol. The summed E-state index contributed by atoms with van der Waals surface area (Å²) in [7, 11) is -4.14. The first kappa shape index (κ1) is 22.9. The normalized spacial score (nSPS) is 11.5. The van der Waals surface area contributed by atoms with Gasteiger partial charge in [-0.15, -0.1) is 0 Å². The van der Waals surface area contributed by atoms with Gasteiger partial charge < -0.3 is 4.57 Å². The lowest BCUT2D eigenvalue weighted by molar-refractivity contribution is 0.104. The minimum absolute atomic E-state index is 0.320. The van der Waals surface area contributed by atoms with Gasteiger partial charge in [-0.25, -0.2) is 0 Å². The minimum atomic E-state index is -4.14. The molecular formula is C27H29O3P. The fourth-order valence-electron chi connectivity index (χ4n) is 3.94. The first-order valence-corrected chi connectivity index (χ1v) is 12.1. The van der Waals surface area contributed by atoms with Crippen LogP contribution in [-0.2, 0) is 4.57 Å². The molecule has 0 aliphatic carbocycles. The van der Waals surface area contributed by atoms with E-state index in [1.54, 1.807) is 37.3 Å². The van der Waals surface area contributed by atoms with Crippen LogP contribution in [0.1, 0.15) is 59.7 Å². The molecule has 0 atom stereocenters. The van der Waals surface area contributed by atoms with Gasteiger partial charge in [-0.05, 0) is 87.4 Å². The van der Waals surface area contributed by atoms with E-state index < -0.39 is 18.2 Å². The van der Waals surface area contributed by atoms with E-state index in [0.717, 1.165) is 33.4 Å². The van der Waals surface area contributed by atoms with E-state index in [9.17, 15) is 14.2 Å². The Balaban J connectivity index is 2.33. The van der Waals surface area contributed by atoms with Crippen LogP contribution in [0, 0.1) is 48.5 Å². The third-order valence-corrected chi connectivity index (χ3v) is 9.41. The number of hydrogen-bond donors (Lipinski definition) is 0. The van der Waals surface area contributed by atoms with E-state index in [1.807, 2.05) is 59.7 Å². The Morgan fingerprint density at radius 2 is 0.968 bits per heavy atom. The Bertz CT molecular complexity index is 1190. The summed E-state index contributed by atoms with van der Waals surface area (Å²) in [6, 6.07) is 14.1. The van der Waals surface area contributed by atoms with E-state index in [0.29, 0.717) is 22.0 Å². The number of aryl methyl sites for hydroxylation is 3. The maximum absolute atomic E-state index is 14.6. The third kappa shape index (κ3) is 3.72. The zero-order valence-electron chi connectivity index (χ0n) is 19.3. The number of benzene rings is 3. The molecule has 0 aliphatic rings. The third-order valence-electron chi connectivity index (χ3n) is 6.60. The van der Waals surface area contributed by atoms with Crippen LogP contribution in [0.2, 0.25) is 0 Å². The Hall–Kier alpha value is -2.77. The van der Waals surface area contributed by atoms with Gasteiger partial charge in [0.15, 0.2) is 0 Å². The van der Waals surface area contributed by atoms with Gasteiger partial charge >= 0.3 is 0 Å². The second kappa shape index (κ2) is 8.40. The summed E-state index contributed by atoms with van der Waals surface area (Å²) >= 11 is 0. The van der Waals surface area contributed by atoms with Crippen LogP contribution in [0.5, 0.6) is 0 Å². The zero-order chi connectivity index (χ0) is 23.1. The summed E-state index contributed by atoms with van der Waals surface area (Å²) in [4.78, 5) is 27.8. The fourth-order valence-corrected chi connectivity index (χ4v) is 6.59. The summed E-state index contributed by atoms with van der Waals surface area (Å²) in [6.07, 6.45) is 0. The van der Waals surface area contributed by atoms with E-state index in [1.165, 1.54) is 0 Å². The van der Waals surface area contributed by atoms with Crippen molar-refractivity contribution in [3.05, 3.63) is 98.6 Å². The Morgan fingerprint density at radius 1 is 0.548 bits per heavy atom. The van der Waals surface area contributed by atoms with Crippen LogP contribution in [0.15, 0.2) is 48.5 Å². The summed E-state index contributed by atoms with van der Waals surface area (Å²) in [5, 5.41) is 0.320. The van der Waals surface area contributed by atoms with Gasteiger partial charge in [0, 0.05) is 16.4 Å². The maximum Gasteiger partial charge on any atom is 0.248 e. The van der Waals surface area contributed by atoms with Crippen molar-refractivity contribution in [1.82, 2.24) is 0 Å². The highest BCUT2D eigenvalue weighted by molar-refractivity contribution is 8.01. The van der Waals surface area contributed by atoms with Crippen molar-refractivity contribution in [1.29, 1.82) is 0 Å². The van der Waals surface area contributed by atoms with Crippen molar-refractivity contribution in [3.63, 3.8) is 0 Å². The van der Waals surface area contributed by atoms with Crippen molar-refractivity contribution >= 4 is 23.5 Å². The monoisotopic (exact) mass is 432 g/mol. The molecule has 0 saturated heterocycles. The summed E-state index contributed by atoms with van der Waals surface area (Å²) in [6.45, 7) is 13.3. The average Bonchev–Trinajstić information content (AvgIpc) is 2.75. The Labute approximate surface area is 184 Å². The van der Waals surface area contributed by atoms with Crippen molar-refractivity contribution in [3.8, 4) is 0 Å². The van der Waals surface area contributed by atoms with Crippen LogP contribution >= 0.6 is 7.14 Å². The summed E-state index contributed by atoms with van der Waals surface area (Å²) < 4.78 is 14.6. The molecule has 0 unspecified atom stereocenters. The predicted octanol–water partition coefficient (Wildman–Crippen LogP) is 6.51. The quantitative estimate of drug-likeness (QED) is 0.432. The molecule has 4 heteroatoms. The minimum Gasteiger partial charge on any atom is -0.302 e. The standard InChI is InChI=1S/C27H29O3P/c1-16-12-14-23(21(6)19(16)4)26(28)31(30,25-11-9-8-10-18(25)3)27(29)24-15-13-17(2)20(5)22(24)7/h8-15H,1-7H3. The maximum atomic E-state index is 14.6. The molecule has 0 heterocycles. The molecule has 3 aromatic rings. The molecule has 0 radical (unpaired) electrons. The van der Waals surface area contributed by atoms with E-state index in [-0.39, 0.29) is 0 Å². The largest absolute Gasteiger partial charge is 0.302 e. The van der Waals surface area contributed by atoms with Gasteiger partial charge in [-0.2, -0.15) is 0 Å². The first-order valence-electron chi connectivity index (χ1n) is 10.4. The Morgan fingerprint density at radius 3 is 1.39 bits per heavy atom. The van der Waals surface area contributed by atoms with E-state index >= 15 is 0 Å². The molecule has 3 rings (SSSR count). The average molecular weight is 433 g/mol. The second-order valence-electron chi connectivity index (χ2n) is 8.37. The van der Waals surface area contributed by atoms with Gasteiger partial charge in [-0.3, -0.25) is 9.59 Å². The molecule has 0 fully saturated rings. The first-order chi connectivity index (χ1) is 14.5. The van der Waals surface area contributed by atoms with Gasteiger partial charge in [0.2, 0.25) is 18.2 Å². The van der Waals surface area contributed by atoms with Crippen molar-refractivity contribution in [2.45, 2.75) is 48.5 Å². The molecule has 0 aliphatic heterocycles. The Kier molecular flexibility index (Phi) is 6.21. The SMILES string of the molecule is Cc1ccccc1P(=O)(C(=O)c1ccc(C)c(C)c1C)C(=O)c1ccc(C)c(C)c1C. The summed E-state index contributed by atoms with van der Waals surface area (Å²) in [5.41, 5.74) is 5.77. The number of carbonyl (C=O) groups excluding carboxylic acids is 2. The molecule has 0 spiro atoms. The van der Waals surface area contributed by atoms with Crippen molar-refractivity contribution < 1.29 is 14.2 Å².